The monoisotopic (exact) mass is 292 g/mol. The highest BCUT2D eigenvalue weighted by Crippen LogP contribution is 2.19. The van der Waals surface area contributed by atoms with Gasteiger partial charge in [-0.25, -0.2) is 9.97 Å². The molecule has 21 heavy (non-hydrogen) atoms. The van der Waals surface area contributed by atoms with Crippen molar-refractivity contribution in [3.8, 4) is 0 Å². The molecular formula is C16H28N4O. The van der Waals surface area contributed by atoms with Gasteiger partial charge in [-0.3, -0.25) is 4.79 Å². The number of carbonyl (C=O) groups excluding carboxylic acids is 1. The third-order valence-corrected chi connectivity index (χ3v) is 3.79. The lowest BCUT2D eigenvalue weighted by Crippen LogP contribution is -2.39. The van der Waals surface area contributed by atoms with Gasteiger partial charge in [0.1, 0.15) is 5.82 Å². The number of anilines is 1. The van der Waals surface area contributed by atoms with E-state index in [-0.39, 0.29) is 17.9 Å². The van der Waals surface area contributed by atoms with Crippen LogP contribution in [0.1, 0.15) is 63.8 Å². The van der Waals surface area contributed by atoms with Crippen molar-refractivity contribution in [2.45, 2.75) is 53.5 Å². The van der Waals surface area contributed by atoms with Crippen molar-refractivity contribution in [2.75, 3.05) is 18.9 Å². The molecule has 0 aliphatic heterocycles. The number of nitrogens with zero attached hydrogens (tertiary/aromatic N) is 3. The molecule has 5 nitrogen and oxygen atoms in total. The Morgan fingerprint density at radius 2 is 1.90 bits per heavy atom. The zero-order valence-corrected chi connectivity index (χ0v) is 14.3. The van der Waals surface area contributed by atoms with Crippen molar-refractivity contribution in [2.24, 2.45) is 5.92 Å². The third kappa shape index (κ3) is 4.16. The zero-order chi connectivity index (χ0) is 16.2. The van der Waals surface area contributed by atoms with Crippen LogP contribution in [0, 0.1) is 5.92 Å². The highest BCUT2D eigenvalue weighted by Gasteiger charge is 2.24. The van der Waals surface area contributed by atoms with Gasteiger partial charge in [0, 0.05) is 25.6 Å². The Morgan fingerprint density at radius 3 is 2.38 bits per heavy atom. The van der Waals surface area contributed by atoms with Crippen LogP contribution in [0.25, 0.3) is 0 Å². The van der Waals surface area contributed by atoms with Crippen molar-refractivity contribution < 1.29 is 4.79 Å². The van der Waals surface area contributed by atoms with E-state index < -0.39 is 0 Å². The molecule has 1 heterocycles. The molecule has 1 amide bonds. The lowest BCUT2D eigenvalue weighted by atomic mass is 10.0. The first-order valence-corrected chi connectivity index (χ1v) is 7.67. The Kier molecular flexibility index (Phi) is 6.12. The van der Waals surface area contributed by atoms with Crippen molar-refractivity contribution >= 4 is 11.6 Å². The Balaban J connectivity index is 3.18. The Morgan fingerprint density at radius 1 is 1.29 bits per heavy atom. The zero-order valence-electron chi connectivity index (χ0n) is 14.3. The van der Waals surface area contributed by atoms with Crippen LogP contribution < -0.4 is 5.32 Å². The molecule has 1 aromatic heterocycles. The Bertz CT molecular complexity index is 485. The number of rotatable bonds is 6. The molecule has 0 aliphatic rings. The molecule has 0 saturated carbocycles. The van der Waals surface area contributed by atoms with E-state index in [2.05, 4.69) is 36.1 Å². The minimum atomic E-state index is -0.0588. The summed E-state index contributed by atoms with van der Waals surface area (Å²) in [7, 11) is 1.83. The molecule has 1 rings (SSSR count). The van der Waals surface area contributed by atoms with Crippen LogP contribution in [0.15, 0.2) is 6.20 Å². The van der Waals surface area contributed by atoms with Gasteiger partial charge < -0.3 is 10.2 Å². The summed E-state index contributed by atoms with van der Waals surface area (Å²) >= 11 is 0. The van der Waals surface area contributed by atoms with Gasteiger partial charge in [0.15, 0.2) is 5.69 Å². The number of hydrogen-bond acceptors (Lipinski definition) is 4. The van der Waals surface area contributed by atoms with Crippen LogP contribution in [0.4, 0.5) is 5.69 Å². The maximum Gasteiger partial charge on any atom is 0.274 e. The second-order valence-corrected chi connectivity index (χ2v) is 6.08. The Hall–Kier alpha value is -1.65. The SMILES string of the molecule is CCNc1cnc(C(C)C)nc1C(=O)N(C)C(C)C(C)C. The molecule has 5 heteroatoms. The second kappa shape index (κ2) is 7.38. The summed E-state index contributed by atoms with van der Waals surface area (Å²) in [6.45, 7) is 13.0. The molecule has 118 valence electrons. The summed E-state index contributed by atoms with van der Waals surface area (Å²) in [6, 6.07) is 0.157. The summed E-state index contributed by atoms with van der Waals surface area (Å²) in [5.41, 5.74) is 1.17. The quantitative estimate of drug-likeness (QED) is 0.875. The van der Waals surface area contributed by atoms with Gasteiger partial charge in [-0.15, -0.1) is 0 Å². The summed E-state index contributed by atoms with van der Waals surface area (Å²) in [4.78, 5) is 23.3. The molecular weight excluding hydrogens is 264 g/mol. The number of amides is 1. The van der Waals surface area contributed by atoms with Gasteiger partial charge in [-0.2, -0.15) is 0 Å². The first kappa shape index (κ1) is 17.4. The van der Waals surface area contributed by atoms with Gasteiger partial charge in [-0.05, 0) is 19.8 Å². The summed E-state index contributed by atoms with van der Waals surface area (Å²) < 4.78 is 0. The van der Waals surface area contributed by atoms with Gasteiger partial charge in [-0.1, -0.05) is 27.7 Å². The summed E-state index contributed by atoms with van der Waals surface area (Å²) in [5.74, 6) is 1.23. The maximum atomic E-state index is 12.8. The molecule has 0 saturated heterocycles. The molecule has 0 radical (unpaired) electrons. The van der Waals surface area contributed by atoms with Crippen molar-refractivity contribution in [3.63, 3.8) is 0 Å². The van der Waals surface area contributed by atoms with E-state index in [0.29, 0.717) is 23.1 Å². The molecule has 1 atom stereocenters. The molecule has 0 bridgehead atoms. The third-order valence-electron chi connectivity index (χ3n) is 3.79. The van der Waals surface area contributed by atoms with E-state index in [1.807, 2.05) is 27.8 Å². The van der Waals surface area contributed by atoms with Crippen molar-refractivity contribution in [1.29, 1.82) is 0 Å². The molecule has 0 spiro atoms. The van der Waals surface area contributed by atoms with Crippen LogP contribution >= 0.6 is 0 Å². The average molecular weight is 292 g/mol. The smallest absolute Gasteiger partial charge is 0.274 e. The van der Waals surface area contributed by atoms with Crippen LogP contribution in [-0.4, -0.2) is 40.4 Å². The van der Waals surface area contributed by atoms with E-state index in [1.54, 1.807) is 11.1 Å². The normalized spacial score (nSPS) is 12.6. The average Bonchev–Trinajstić information content (AvgIpc) is 2.45. The van der Waals surface area contributed by atoms with Crippen LogP contribution in [-0.2, 0) is 0 Å². The fourth-order valence-electron chi connectivity index (χ4n) is 1.96. The van der Waals surface area contributed by atoms with Crippen molar-refractivity contribution in [3.05, 3.63) is 17.7 Å². The van der Waals surface area contributed by atoms with Crippen LogP contribution in [0.2, 0.25) is 0 Å². The second-order valence-electron chi connectivity index (χ2n) is 6.08. The fraction of sp³-hybridized carbons (Fsp3) is 0.688. The molecule has 0 aliphatic carbocycles. The molecule has 1 unspecified atom stereocenters. The largest absolute Gasteiger partial charge is 0.382 e. The highest BCUT2D eigenvalue weighted by atomic mass is 16.2. The summed E-state index contributed by atoms with van der Waals surface area (Å²) in [5, 5.41) is 3.17. The van der Waals surface area contributed by atoms with E-state index >= 15 is 0 Å². The van der Waals surface area contributed by atoms with Gasteiger partial charge in [0.05, 0.1) is 11.9 Å². The van der Waals surface area contributed by atoms with E-state index in [4.69, 9.17) is 0 Å². The number of nitrogens with one attached hydrogen (secondary N) is 1. The first-order valence-electron chi connectivity index (χ1n) is 7.67. The van der Waals surface area contributed by atoms with E-state index in [1.165, 1.54) is 0 Å². The van der Waals surface area contributed by atoms with E-state index in [9.17, 15) is 4.79 Å². The van der Waals surface area contributed by atoms with Gasteiger partial charge >= 0.3 is 0 Å². The number of aromatic nitrogens is 2. The lowest BCUT2D eigenvalue weighted by Gasteiger charge is -2.28. The number of carbonyl (C=O) groups is 1. The maximum absolute atomic E-state index is 12.8. The van der Waals surface area contributed by atoms with Gasteiger partial charge in [0.25, 0.3) is 5.91 Å². The molecule has 1 aromatic rings. The van der Waals surface area contributed by atoms with Crippen LogP contribution in [0.3, 0.4) is 0 Å². The number of hydrogen-bond donors (Lipinski definition) is 1. The predicted molar refractivity (Wildman–Crippen MR) is 86.7 cm³/mol. The topological polar surface area (TPSA) is 58.1 Å². The first-order chi connectivity index (χ1) is 9.79. The van der Waals surface area contributed by atoms with E-state index in [0.717, 1.165) is 6.54 Å². The predicted octanol–water partition coefficient (Wildman–Crippen LogP) is 3.15. The highest BCUT2D eigenvalue weighted by molar-refractivity contribution is 5.97. The standard InChI is InChI=1S/C16H28N4O/c1-8-17-13-9-18-15(11(4)5)19-14(13)16(21)20(7)12(6)10(2)3/h9-12,17H,8H2,1-7H3. The fourth-order valence-corrected chi connectivity index (χ4v) is 1.96. The van der Waals surface area contributed by atoms with Crippen molar-refractivity contribution in [1.82, 2.24) is 14.9 Å². The molecule has 1 N–H and O–H groups in total. The molecule has 0 aromatic carbocycles. The summed E-state index contributed by atoms with van der Waals surface area (Å²) in [6.07, 6.45) is 1.72. The lowest BCUT2D eigenvalue weighted by molar-refractivity contribution is 0.0701. The molecule has 0 fully saturated rings. The Labute approximate surface area is 128 Å². The minimum Gasteiger partial charge on any atom is -0.382 e. The van der Waals surface area contributed by atoms with Crippen LogP contribution in [0.5, 0.6) is 0 Å². The van der Waals surface area contributed by atoms with Gasteiger partial charge in [0.2, 0.25) is 0 Å². The minimum absolute atomic E-state index is 0.0588.